The van der Waals surface area contributed by atoms with E-state index >= 15 is 0 Å². The molecule has 0 heterocycles. The quantitative estimate of drug-likeness (QED) is 0.319. The Balaban J connectivity index is 2.24. The summed E-state index contributed by atoms with van der Waals surface area (Å²) in [5.41, 5.74) is 0.435. The number of ether oxygens (including phenoxy) is 1. The highest BCUT2D eigenvalue weighted by Crippen LogP contribution is 2.20. The molecule has 0 aromatic heterocycles. The highest BCUT2D eigenvalue weighted by Gasteiger charge is 2.29. The number of methoxy groups -OCH3 is 1. The van der Waals surface area contributed by atoms with E-state index in [1.807, 2.05) is 0 Å². The molecule has 0 saturated carbocycles. The van der Waals surface area contributed by atoms with E-state index in [9.17, 15) is 23.3 Å². The van der Waals surface area contributed by atoms with Crippen LogP contribution in [0, 0.1) is 10.1 Å². The summed E-state index contributed by atoms with van der Waals surface area (Å²) in [6, 6.07) is 12.9. The number of carbonyl (C=O) groups excluding carboxylic acids is 1. The molecule has 8 nitrogen and oxygen atoms in total. The zero-order valence-corrected chi connectivity index (χ0v) is 14.0. The Hall–Kier alpha value is -2.78. The van der Waals surface area contributed by atoms with E-state index in [2.05, 4.69) is 4.74 Å². The number of benzene rings is 2. The zero-order valence-electron chi connectivity index (χ0n) is 13.2. The van der Waals surface area contributed by atoms with E-state index in [0.29, 0.717) is 5.56 Å². The minimum atomic E-state index is -4.30. The summed E-state index contributed by atoms with van der Waals surface area (Å²) in [6.45, 7) is 0. The topological polar surface area (TPSA) is 113 Å². The monoisotopic (exact) mass is 365 g/mol. The van der Waals surface area contributed by atoms with Gasteiger partial charge >= 0.3 is 5.97 Å². The molecule has 9 heteroatoms. The maximum atomic E-state index is 12.3. The summed E-state index contributed by atoms with van der Waals surface area (Å²) < 4.78 is 34.3. The van der Waals surface area contributed by atoms with Crippen LogP contribution in [0.15, 0.2) is 59.5 Å². The van der Waals surface area contributed by atoms with E-state index < -0.39 is 27.1 Å². The first-order valence-corrected chi connectivity index (χ1v) is 8.54. The van der Waals surface area contributed by atoms with Crippen LogP contribution in [0.1, 0.15) is 5.56 Å². The summed E-state index contributed by atoms with van der Waals surface area (Å²) in [7, 11) is -3.17. The molecule has 0 aliphatic rings. The van der Waals surface area contributed by atoms with Crippen LogP contribution < -0.4 is 0 Å². The van der Waals surface area contributed by atoms with Crippen LogP contribution in [0.2, 0.25) is 0 Å². The lowest BCUT2D eigenvalue weighted by molar-refractivity contribution is -0.384. The van der Waals surface area contributed by atoms with Crippen LogP contribution in [-0.2, 0) is 30.3 Å². The Bertz CT molecular complexity index is 848. The Morgan fingerprint density at radius 3 is 2.24 bits per heavy atom. The van der Waals surface area contributed by atoms with Crippen LogP contribution >= 0.6 is 0 Å². The number of carbonyl (C=O) groups is 1. The maximum absolute atomic E-state index is 12.3. The molecule has 0 aliphatic carbocycles. The van der Waals surface area contributed by atoms with Crippen LogP contribution in [0.3, 0.4) is 0 Å². The Kier molecular flexibility index (Phi) is 5.84. The van der Waals surface area contributed by atoms with Gasteiger partial charge in [-0.3, -0.25) is 14.3 Å². The van der Waals surface area contributed by atoms with Gasteiger partial charge in [-0.05, 0) is 17.7 Å². The molecule has 0 aliphatic heterocycles. The largest absolute Gasteiger partial charge is 0.467 e. The van der Waals surface area contributed by atoms with Gasteiger partial charge in [0, 0.05) is 18.6 Å². The fourth-order valence-electron chi connectivity index (χ4n) is 2.06. The van der Waals surface area contributed by atoms with Crippen LogP contribution in [0.5, 0.6) is 0 Å². The highest BCUT2D eigenvalue weighted by atomic mass is 32.2. The van der Waals surface area contributed by atoms with Crippen molar-refractivity contribution in [1.29, 1.82) is 0 Å². The summed E-state index contributed by atoms with van der Waals surface area (Å²) in [6.07, 6.45) is -1.37. The van der Waals surface area contributed by atoms with Gasteiger partial charge in [0.05, 0.1) is 16.9 Å². The standard InChI is InChI=1S/C16H15NO7S/c1-23-16(18)15(11-12-5-3-2-4-6-12)24-25(21,22)14-9-7-13(8-10-14)17(19)20/h2-10,15H,11H2,1H3. The van der Waals surface area contributed by atoms with Crippen LogP contribution in [0.25, 0.3) is 0 Å². The van der Waals surface area contributed by atoms with Crippen molar-refractivity contribution in [2.75, 3.05) is 7.11 Å². The van der Waals surface area contributed by atoms with Crippen LogP contribution in [-0.4, -0.2) is 32.5 Å². The van der Waals surface area contributed by atoms with E-state index in [-0.39, 0.29) is 17.0 Å². The SMILES string of the molecule is COC(=O)C(Cc1ccccc1)OS(=O)(=O)c1ccc([N+](=O)[O-])cc1. The molecule has 0 N–H and O–H groups in total. The number of esters is 1. The van der Waals surface area contributed by atoms with Crippen molar-refractivity contribution in [2.45, 2.75) is 17.4 Å². The number of hydrogen-bond acceptors (Lipinski definition) is 7. The van der Waals surface area contributed by atoms with Gasteiger partial charge in [0.15, 0.2) is 6.10 Å². The average Bonchev–Trinajstić information content (AvgIpc) is 2.61. The third-order valence-corrected chi connectivity index (χ3v) is 4.64. The lowest BCUT2D eigenvalue weighted by Crippen LogP contribution is -2.30. The Morgan fingerprint density at radius 2 is 1.72 bits per heavy atom. The van der Waals surface area contributed by atoms with E-state index in [1.54, 1.807) is 30.3 Å². The molecule has 2 rings (SSSR count). The smallest absolute Gasteiger partial charge is 0.336 e. The second-order valence-electron chi connectivity index (χ2n) is 5.00. The first-order chi connectivity index (χ1) is 11.8. The molecule has 2 aromatic rings. The number of non-ortho nitro benzene ring substituents is 1. The first-order valence-electron chi connectivity index (χ1n) is 7.13. The normalized spacial score (nSPS) is 12.4. The lowest BCUT2D eigenvalue weighted by Gasteiger charge is -2.15. The molecule has 0 amide bonds. The first kappa shape index (κ1) is 18.6. The van der Waals surface area contributed by atoms with Crippen molar-refractivity contribution >= 4 is 21.8 Å². The third-order valence-electron chi connectivity index (χ3n) is 3.31. The minimum absolute atomic E-state index is 0.000273. The second-order valence-corrected chi connectivity index (χ2v) is 6.57. The van der Waals surface area contributed by atoms with Gasteiger partial charge in [-0.1, -0.05) is 30.3 Å². The van der Waals surface area contributed by atoms with Crippen molar-refractivity contribution in [1.82, 2.24) is 0 Å². The fraction of sp³-hybridized carbons (Fsp3) is 0.188. The predicted molar refractivity (Wildman–Crippen MR) is 87.3 cm³/mol. The Labute approximate surface area is 144 Å². The third kappa shape index (κ3) is 4.85. The predicted octanol–water partition coefficient (Wildman–Crippen LogP) is 2.08. The number of nitro benzene ring substituents is 1. The summed E-state index contributed by atoms with van der Waals surface area (Å²) in [5, 5.41) is 10.6. The summed E-state index contributed by atoms with van der Waals surface area (Å²) in [5.74, 6) is -0.839. The molecule has 1 atom stereocenters. The molecule has 0 saturated heterocycles. The minimum Gasteiger partial charge on any atom is -0.467 e. The van der Waals surface area contributed by atoms with E-state index in [1.165, 1.54) is 0 Å². The molecule has 0 radical (unpaired) electrons. The molecule has 25 heavy (non-hydrogen) atoms. The van der Waals surface area contributed by atoms with Gasteiger partial charge < -0.3 is 4.74 Å². The van der Waals surface area contributed by atoms with Gasteiger partial charge in [-0.25, -0.2) is 4.79 Å². The molecule has 2 aromatic carbocycles. The van der Waals surface area contributed by atoms with Gasteiger partial charge in [-0.2, -0.15) is 8.42 Å². The number of hydrogen-bond donors (Lipinski definition) is 0. The van der Waals surface area contributed by atoms with Crippen molar-refractivity contribution < 1.29 is 27.1 Å². The zero-order chi connectivity index (χ0) is 18.4. The molecule has 0 bridgehead atoms. The van der Waals surface area contributed by atoms with Gasteiger partial charge in [0.2, 0.25) is 0 Å². The van der Waals surface area contributed by atoms with Crippen molar-refractivity contribution in [3.63, 3.8) is 0 Å². The molecule has 132 valence electrons. The number of nitro groups is 1. The molecular formula is C16H15NO7S. The highest BCUT2D eigenvalue weighted by molar-refractivity contribution is 7.86. The average molecular weight is 365 g/mol. The molecule has 0 spiro atoms. The van der Waals surface area contributed by atoms with Crippen molar-refractivity contribution in [2.24, 2.45) is 0 Å². The van der Waals surface area contributed by atoms with Crippen LogP contribution in [0.4, 0.5) is 5.69 Å². The van der Waals surface area contributed by atoms with E-state index in [0.717, 1.165) is 31.4 Å². The van der Waals surface area contributed by atoms with Crippen molar-refractivity contribution in [3.05, 3.63) is 70.3 Å². The lowest BCUT2D eigenvalue weighted by atomic mass is 10.1. The molecule has 1 unspecified atom stereocenters. The van der Waals surface area contributed by atoms with Gasteiger partial charge in [0.25, 0.3) is 15.8 Å². The van der Waals surface area contributed by atoms with Gasteiger partial charge in [0.1, 0.15) is 0 Å². The number of rotatable bonds is 7. The molecule has 0 fully saturated rings. The van der Waals surface area contributed by atoms with Gasteiger partial charge in [-0.15, -0.1) is 0 Å². The summed E-state index contributed by atoms with van der Waals surface area (Å²) in [4.78, 5) is 21.6. The Morgan fingerprint density at radius 1 is 1.12 bits per heavy atom. The fourth-order valence-corrected chi connectivity index (χ4v) is 3.09. The van der Waals surface area contributed by atoms with E-state index in [4.69, 9.17) is 4.18 Å². The number of nitrogens with zero attached hydrogens (tertiary/aromatic N) is 1. The maximum Gasteiger partial charge on any atom is 0.336 e. The summed E-state index contributed by atoms with van der Waals surface area (Å²) >= 11 is 0. The molecular weight excluding hydrogens is 350 g/mol. The van der Waals surface area contributed by atoms with Crippen molar-refractivity contribution in [3.8, 4) is 0 Å². The second kappa shape index (κ2) is 7.86.